The lowest BCUT2D eigenvalue weighted by molar-refractivity contribution is 0.0526. The molecule has 1 aromatic heterocycles. The molecule has 0 aliphatic carbocycles. The summed E-state index contributed by atoms with van der Waals surface area (Å²) in [6, 6.07) is 6.84. The summed E-state index contributed by atoms with van der Waals surface area (Å²) in [4.78, 5) is 26.6. The first-order valence-electron chi connectivity index (χ1n) is 9.24. The Morgan fingerprint density at radius 2 is 1.93 bits per heavy atom. The van der Waals surface area contributed by atoms with E-state index in [0.29, 0.717) is 27.6 Å². The summed E-state index contributed by atoms with van der Waals surface area (Å²) in [7, 11) is 0. The summed E-state index contributed by atoms with van der Waals surface area (Å²) >= 11 is 7.58. The van der Waals surface area contributed by atoms with Crippen molar-refractivity contribution in [3.05, 3.63) is 50.9 Å². The van der Waals surface area contributed by atoms with Gasteiger partial charge in [0.2, 0.25) is 0 Å². The number of amides is 1. The summed E-state index contributed by atoms with van der Waals surface area (Å²) in [5, 5.41) is 7.38. The molecular formula is C21H25ClN2O3S. The number of carbonyl (C=O) groups excluding carboxylic acids is 2. The van der Waals surface area contributed by atoms with E-state index in [0.717, 1.165) is 10.4 Å². The molecule has 0 atom stereocenters. The molecule has 1 aromatic carbocycles. The van der Waals surface area contributed by atoms with E-state index in [4.69, 9.17) is 16.3 Å². The van der Waals surface area contributed by atoms with Crippen molar-refractivity contribution in [3.63, 3.8) is 0 Å². The highest BCUT2D eigenvalue weighted by atomic mass is 35.5. The maximum Gasteiger partial charge on any atom is 0.341 e. The summed E-state index contributed by atoms with van der Waals surface area (Å²) in [6.45, 7) is 10.4. The lowest BCUT2D eigenvalue weighted by Crippen LogP contribution is -2.55. The molecular weight excluding hydrogens is 396 g/mol. The molecule has 3 rings (SSSR count). The smallest absolute Gasteiger partial charge is 0.341 e. The molecule has 0 radical (unpaired) electrons. The van der Waals surface area contributed by atoms with Gasteiger partial charge >= 0.3 is 5.97 Å². The molecule has 1 aliphatic heterocycles. The van der Waals surface area contributed by atoms with E-state index in [1.54, 1.807) is 31.2 Å². The van der Waals surface area contributed by atoms with E-state index in [-0.39, 0.29) is 23.6 Å². The molecule has 2 heterocycles. The van der Waals surface area contributed by atoms with Crippen LogP contribution in [0.25, 0.3) is 0 Å². The van der Waals surface area contributed by atoms with E-state index in [1.807, 2.05) is 0 Å². The number of esters is 1. The molecule has 0 saturated carbocycles. The molecule has 2 aromatic rings. The first kappa shape index (κ1) is 20.8. The lowest BCUT2D eigenvalue weighted by Gasteiger charge is -2.42. The van der Waals surface area contributed by atoms with Gasteiger partial charge < -0.3 is 15.4 Å². The number of carbonyl (C=O) groups is 2. The van der Waals surface area contributed by atoms with Crippen LogP contribution in [-0.2, 0) is 16.7 Å². The normalized spacial score (nSPS) is 16.9. The second-order valence-corrected chi connectivity index (χ2v) is 9.51. The van der Waals surface area contributed by atoms with Crippen LogP contribution in [0.5, 0.6) is 0 Å². The largest absolute Gasteiger partial charge is 0.462 e. The van der Waals surface area contributed by atoms with Gasteiger partial charge in [-0.15, -0.1) is 11.3 Å². The maximum atomic E-state index is 12.8. The molecule has 1 amide bonds. The van der Waals surface area contributed by atoms with Crippen molar-refractivity contribution in [1.29, 1.82) is 0 Å². The number of thiophene rings is 1. The Morgan fingerprint density at radius 1 is 1.25 bits per heavy atom. The van der Waals surface area contributed by atoms with Crippen molar-refractivity contribution in [2.24, 2.45) is 0 Å². The van der Waals surface area contributed by atoms with Crippen LogP contribution in [0.2, 0.25) is 5.02 Å². The Balaban J connectivity index is 2.09. The number of fused-ring (bicyclic) bond motifs is 1. The SMILES string of the molecule is CCOC(=O)c1c(NC(=O)c2ccccc2Cl)sc2c1CC(C)(C)NC2(C)C. The average Bonchev–Trinajstić information content (AvgIpc) is 2.92. The van der Waals surface area contributed by atoms with Crippen molar-refractivity contribution in [3.8, 4) is 0 Å². The summed E-state index contributed by atoms with van der Waals surface area (Å²) in [5.41, 5.74) is 1.22. The van der Waals surface area contributed by atoms with E-state index < -0.39 is 5.97 Å². The van der Waals surface area contributed by atoms with Crippen molar-refractivity contribution in [2.75, 3.05) is 11.9 Å². The molecule has 1 aliphatic rings. The monoisotopic (exact) mass is 420 g/mol. The van der Waals surface area contributed by atoms with Gasteiger partial charge in [-0.1, -0.05) is 23.7 Å². The molecule has 5 nitrogen and oxygen atoms in total. The molecule has 28 heavy (non-hydrogen) atoms. The second-order valence-electron chi connectivity index (χ2n) is 8.08. The van der Waals surface area contributed by atoms with E-state index in [2.05, 4.69) is 38.3 Å². The minimum absolute atomic E-state index is 0.192. The molecule has 0 bridgehead atoms. The van der Waals surface area contributed by atoms with Gasteiger partial charge in [0.05, 0.1) is 22.8 Å². The van der Waals surface area contributed by atoms with Crippen LogP contribution in [-0.4, -0.2) is 24.0 Å². The van der Waals surface area contributed by atoms with Gasteiger partial charge in [-0.2, -0.15) is 0 Å². The fourth-order valence-corrected chi connectivity index (χ4v) is 5.33. The van der Waals surface area contributed by atoms with E-state index in [1.165, 1.54) is 11.3 Å². The van der Waals surface area contributed by atoms with Gasteiger partial charge in [0.15, 0.2) is 0 Å². The topological polar surface area (TPSA) is 67.4 Å². The fourth-order valence-electron chi connectivity index (χ4n) is 3.85. The number of anilines is 1. The highest BCUT2D eigenvalue weighted by molar-refractivity contribution is 7.17. The third kappa shape index (κ3) is 3.95. The molecule has 2 N–H and O–H groups in total. The Kier molecular flexibility index (Phi) is 5.58. The third-order valence-electron chi connectivity index (χ3n) is 4.67. The maximum absolute atomic E-state index is 12.8. The van der Waals surface area contributed by atoms with Crippen molar-refractivity contribution in [1.82, 2.24) is 5.32 Å². The molecule has 7 heteroatoms. The second kappa shape index (κ2) is 7.50. The Labute approximate surface area is 174 Å². The number of hydrogen-bond acceptors (Lipinski definition) is 5. The van der Waals surface area contributed by atoms with Crippen molar-refractivity contribution in [2.45, 2.75) is 52.1 Å². The molecule has 0 spiro atoms. The number of halogens is 1. The van der Waals surface area contributed by atoms with Gasteiger partial charge in [-0.3, -0.25) is 4.79 Å². The summed E-state index contributed by atoms with van der Waals surface area (Å²) < 4.78 is 5.31. The average molecular weight is 421 g/mol. The fraction of sp³-hybridized carbons (Fsp3) is 0.429. The van der Waals surface area contributed by atoms with Gasteiger partial charge in [0, 0.05) is 16.0 Å². The zero-order valence-electron chi connectivity index (χ0n) is 16.7. The predicted molar refractivity (Wildman–Crippen MR) is 114 cm³/mol. The third-order valence-corrected chi connectivity index (χ3v) is 6.47. The zero-order valence-corrected chi connectivity index (χ0v) is 18.3. The van der Waals surface area contributed by atoms with Crippen LogP contribution >= 0.6 is 22.9 Å². The van der Waals surface area contributed by atoms with Crippen LogP contribution in [0.3, 0.4) is 0 Å². The standard InChI is InChI=1S/C21H25ClN2O3S/c1-6-27-19(26)15-13-11-20(2,3)24-21(4,5)16(13)28-18(15)23-17(25)12-9-7-8-10-14(12)22/h7-10,24H,6,11H2,1-5H3,(H,23,25). The minimum Gasteiger partial charge on any atom is -0.462 e. The Morgan fingerprint density at radius 3 is 2.57 bits per heavy atom. The van der Waals surface area contributed by atoms with Crippen LogP contribution in [0, 0.1) is 0 Å². The van der Waals surface area contributed by atoms with Crippen molar-refractivity contribution >= 4 is 39.8 Å². The van der Waals surface area contributed by atoms with Crippen molar-refractivity contribution < 1.29 is 14.3 Å². The number of benzene rings is 1. The predicted octanol–water partition coefficient (Wildman–Crippen LogP) is 4.99. The van der Waals surface area contributed by atoms with E-state index in [9.17, 15) is 9.59 Å². The van der Waals surface area contributed by atoms with E-state index >= 15 is 0 Å². The number of hydrogen-bond donors (Lipinski definition) is 2. The van der Waals surface area contributed by atoms with Crippen LogP contribution in [0.4, 0.5) is 5.00 Å². The Hall–Kier alpha value is -1.89. The first-order chi connectivity index (χ1) is 13.1. The quantitative estimate of drug-likeness (QED) is 0.683. The van der Waals surface area contributed by atoms with Crippen LogP contribution in [0.1, 0.15) is 65.8 Å². The zero-order chi connectivity index (χ0) is 20.7. The molecule has 0 unspecified atom stereocenters. The molecule has 150 valence electrons. The number of rotatable bonds is 4. The Bertz CT molecular complexity index is 934. The van der Waals surface area contributed by atoms with Gasteiger partial charge in [-0.25, -0.2) is 4.79 Å². The van der Waals surface area contributed by atoms with Gasteiger partial charge in [-0.05, 0) is 58.7 Å². The molecule has 0 fully saturated rings. The summed E-state index contributed by atoms with van der Waals surface area (Å²) in [5.74, 6) is -0.761. The first-order valence-corrected chi connectivity index (χ1v) is 10.4. The van der Waals surface area contributed by atoms with Gasteiger partial charge in [0.25, 0.3) is 5.91 Å². The highest BCUT2D eigenvalue weighted by Gasteiger charge is 2.42. The van der Waals surface area contributed by atoms with Crippen LogP contribution < -0.4 is 10.6 Å². The van der Waals surface area contributed by atoms with Gasteiger partial charge in [0.1, 0.15) is 5.00 Å². The molecule has 0 saturated heterocycles. The number of ether oxygens (including phenoxy) is 1. The lowest BCUT2D eigenvalue weighted by atomic mass is 9.81. The minimum atomic E-state index is -0.414. The van der Waals surface area contributed by atoms with Crippen LogP contribution in [0.15, 0.2) is 24.3 Å². The number of nitrogens with one attached hydrogen (secondary N) is 2. The summed E-state index contributed by atoms with van der Waals surface area (Å²) in [6.07, 6.45) is 0.665. The highest BCUT2D eigenvalue weighted by Crippen LogP contribution is 2.45.